The minimum atomic E-state index is 0. The van der Waals surface area contributed by atoms with E-state index < -0.39 is 0 Å². The lowest BCUT2D eigenvalue weighted by molar-refractivity contribution is -0.857. The quantitative estimate of drug-likeness (QED) is 0.719. The van der Waals surface area contributed by atoms with E-state index in [-0.39, 0.29) is 12.4 Å². The zero-order valence-corrected chi connectivity index (χ0v) is 16.8. The van der Waals surface area contributed by atoms with E-state index in [1.165, 1.54) is 42.8 Å². The van der Waals surface area contributed by atoms with Crippen LogP contribution < -0.4 is 17.3 Å². The Hall–Kier alpha value is -1.74. The Morgan fingerprint density at radius 1 is 0.923 bits per heavy atom. The first-order chi connectivity index (χ1) is 12.2. The fourth-order valence-corrected chi connectivity index (χ4v) is 4.77. The maximum atomic E-state index is 2.45. The van der Waals surface area contributed by atoms with E-state index in [1.807, 2.05) is 11.8 Å². The van der Waals surface area contributed by atoms with E-state index >= 15 is 0 Å². The molecule has 0 bridgehead atoms. The molecular weight excluding hydrogens is 358 g/mol. The average molecular weight is 382 g/mol. The number of benzene rings is 3. The van der Waals surface area contributed by atoms with Gasteiger partial charge in [-0.15, -0.1) is 11.8 Å². The first-order valence-corrected chi connectivity index (χ1v) is 9.95. The molecule has 134 valence electrons. The molecule has 1 aliphatic heterocycles. The summed E-state index contributed by atoms with van der Waals surface area (Å²) in [4.78, 5) is 2.92. The number of halogens is 1. The van der Waals surface area contributed by atoms with Crippen LogP contribution in [0.3, 0.4) is 0 Å². The third-order valence-corrected chi connectivity index (χ3v) is 6.03. The standard InChI is InChI=1S/C23H23NS.ClH/c1-24(2)15-7-12-21-19-10-5-4-9-18(19)16-25-23-20-11-6-3-8-17(20)13-14-22(21)23;/h3-6,8-14H,7,15-16H2,1-2H3;1H/b21-12-;. The maximum absolute atomic E-state index is 2.45. The second-order valence-corrected chi connectivity index (χ2v) is 7.96. The van der Waals surface area contributed by atoms with Crippen molar-refractivity contribution in [3.63, 3.8) is 0 Å². The summed E-state index contributed by atoms with van der Waals surface area (Å²) >= 11 is 1.98. The molecule has 0 amide bonds. The molecule has 0 saturated carbocycles. The van der Waals surface area contributed by atoms with Crippen molar-refractivity contribution in [3.8, 4) is 0 Å². The number of hydrogen-bond acceptors (Lipinski definition) is 1. The summed E-state index contributed by atoms with van der Waals surface area (Å²) in [6.45, 7) is 1.15. The van der Waals surface area contributed by atoms with Gasteiger partial charge in [0.2, 0.25) is 0 Å². The van der Waals surface area contributed by atoms with Crippen molar-refractivity contribution in [2.75, 3.05) is 20.6 Å². The van der Waals surface area contributed by atoms with E-state index in [0.29, 0.717) is 0 Å². The molecule has 1 nitrogen and oxygen atoms in total. The van der Waals surface area contributed by atoms with Crippen molar-refractivity contribution in [2.45, 2.75) is 17.1 Å². The van der Waals surface area contributed by atoms with Gasteiger partial charge in [0.15, 0.2) is 0 Å². The van der Waals surface area contributed by atoms with Crippen molar-refractivity contribution >= 4 is 28.1 Å². The van der Waals surface area contributed by atoms with Gasteiger partial charge in [0.05, 0.1) is 20.6 Å². The lowest BCUT2D eigenvalue weighted by atomic mass is 9.92. The molecule has 1 heterocycles. The minimum Gasteiger partial charge on any atom is -1.00 e. The highest BCUT2D eigenvalue weighted by atomic mass is 35.5. The highest BCUT2D eigenvalue weighted by Gasteiger charge is 2.19. The molecule has 0 aromatic heterocycles. The number of fused-ring (bicyclic) bond motifs is 4. The lowest BCUT2D eigenvalue weighted by Crippen LogP contribution is -3.05. The maximum Gasteiger partial charge on any atom is 0.0802 e. The lowest BCUT2D eigenvalue weighted by Gasteiger charge is -2.14. The van der Waals surface area contributed by atoms with Gasteiger partial charge < -0.3 is 17.3 Å². The van der Waals surface area contributed by atoms with Crippen molar-refractivity contribution in [2.24, 2.45) is 0 Å². The smallest absolute Gasteiger partial charge is 0.0802 e. The van der Waals surface area contributed by atoms with Crippen molar-refractivity contribution in [1.82, 2.24) is 0 Å². The fourth-order valence-electron chi connectivity index (χ4n) is 3.54. The van der Waals surface area contributed by atoms with Crippen molar-refractivity contribution < 1.29 is 17.3 Å². The van der Waals surface area contributed by atoms with Gasteiger partial charge in [0.1, 0.15) is 0 Å². The molecule has 0 saturated heterocycles. The number of nitrogens with one attached hydrogen (secondary N) is 1. The molecule has 0 atom stereocenters. The average Bonchev–Trinajstić information content (AvgIpc) is 2.79. The summed E-state index contributed by atoms with van der Waals surface area (Å²) in [6.07, 6.45) is 3.55. The van der Waals surface area contributed by atoms with Crippen LogP contribution in [0.5, 0.6) is 0 Å². The highest BCUT2D eigenvalue weighted by Crippen LogP contribution is 2.43. The summed E-state index contributed by atoms with van der Waals surface area (Å²) in [6, 6.07) is 22.2. The minimum absolute atomic E-state index is 0. The van der Waals surface area contributed by atoms with Crippen molar-refractivity contribution in [3.05, 3.63) is 83.4 Å². The summed E-state index contributed by atoms with van der Waals surface area (Å²) in [7, 11) is 4.44. The topological polar surface area (TPSA) is 4.44 Å². The second kappa shape index (κ2) is 8.30. The molecule has 1 N–H and O–H groups in total. The monoisotopic (exact) mass is 381 g/mol. The van der Waals surface area contributed by atoms with Crippen LogP contribution in [0.15, 0.2) is 71.6 Å². The molecule has 3 heteroatoms. The number of thioether (sulfide) groups is 1. The SMILES string of the molecule is C[NH+](C)CC/C=C1/c2ccccc2CSc2c1ccc1ccccc21.[Cl-]. The summed E-state index contributed by atoms with van der Waals surface area (Å²) in [5.74, 6) is 1.04. The van der Waals surface area contributed by atoms with E-state index in [9.17, 15) is 0 Å². The molecule has 0 spiro atoms. The van der Waals surface area contributed by atoms with Crippen LogP contribution in [0.4, 0.5) is 0 Å². The number of rotatable bonds is 3. The molecular formula is C23H24ClNS. The Labute approximate surface area is 166 Å². The van der Waals surface area contributed by atoms with Crippen molar-refractivity contribution in [1.29, 1.82) is 0 Å². The molecule has 26 heavy (non-hydrogen) atoms. The summed E-state index contributed by atoms with van der Waals surface area (Å²) < 4.78 is 0. The number of quaternary nitrogens is 1. The third kappa shape index (κ3) is 3.68. The molecule has 3 aromatic carbocycles. The van der Waals surface area contributed by atoms with E-state index in [0.717, 1.165) is 18.7 Å². The Kier molecular flexibility index (Phi) is 6.08. The van der Waals surface area contributed by atoms with Gasteiger partial charge >= 0.3 is 0 Å². The Morgan fingerprint density at radius 3 is 2.54 bits per heavy atom. The molecule has 0 aliphatic carbocycles. The largest absolute Gasteiger partial charge is 1.00 e. The predicted molar refractivity (Wildman–Crippen MR) is 109 cm³/mol. The normalized spacial score (nSPS) is 14.7. The van der Waals surface area contributed by atoms with E-state index in [2.05, 4.69) is 80.8 Å². The van der Waals surface area contributed by atoms with Crippen LogP contribution in [0.25, 0.3) is 16.3 Å². The summed E-state index contributed by atoms with van der Waals surface area (Å²) in [5, 5.41) is 2.71. The van der Waals surface area contributed by atoms with E-state index in [4.69, 9.17) is 0 Å². The zero-order chi connectivity index (χ0) is 17.2. The van der Waals surface area contributed by atoms with Gasteiger partial charge in [0.25, 0.3) is 0 Å². The number of hydrogen-bond donors (Lipinski definition) is 1. The molecule has 0 unspecified atom stereocenters. The molecule has 3 aromatic rings. The van der Waals surface area contributed by atoms with E-state index in [1.54, 1.807) is 0 Å². The first-order valence-electron chi connectivity index (χ1n) is 8.96. The fraction of sp³-hybridized carbons (Fsp3) is 0.217. The van der Waals surface area contributed by atoms with Gasteiger partial charge in [0, 0.05) is 17.1 Å². The van der Waals surface area contributed by atoms with Gasteiger partial charge in [-0.05, 0) is 33.0 Å². The molecule has 4 rings (SSSR count). The Morgan fingerprint density at radius 2 is 1.69 bits per heavy atom. The van der Waals surface area contributed by atoms with Gasteiger partial charge in [-0.25, -0.2) is 0 Å². The predicted octanol–water partition coefficient (Wildman–Crippen LogP) is 1.42. The first kappa shape index (κ1) is 19.0. The van der Waals surface area contributed by atoms with Crippen LogP contribution >= 0.6 is 11.8 Å². The van der Waals surface area contributed by atoms with Crippen LogP contribution in [0.2, 0.25) is 0 Å². The Balaban J connectivity index is 0.00000196. The van der Waals surface area contributed by atoms with Crippen LogP contribution in [-0.2, 0) is 5.75 Å². The van der Waals surface area contributed by atoms with Gasteiger partial charge in [-0.3, -0.25) is 0 Å². The molecule has 0 radical (unpaired) electrons. The van der Waals surface area contributed by atoms with Gasteiger partial charge in [-0.2, -0.15) is 0 Å². The van der Waals surface area contributed by atoms with Crippen LogP contribution in [-0.4, -0.2) is 20.6 Å². The Bertz CT molecular complexity index is 946. The molecule has 0 fully saturated rings. The second-order valence-electron chi connectivity index (χ2n) is 6.97. The molecule has 1 aliphatic rings. The van der Waals surface area contributed by atoms with Crippen LogP contribution in [0.1, 0.15) is 23.1 Å². The zero-order valence-electron chi connectivity index (χ0n) is 15.3. The van der Waals surface area contributed by atoms with Gasteiger partial charge in [-0.1, -0.05) is 66.7 Å². The highest BCUT2D eigenvalue weighted by molar-refractivity contribution is 7.98. The van der Waals surface area contributed by atoms with Crippen LogP contribution in [0, 0.1) is 0 Å². The third-order valence-electron chi connectivity index (χ3n) is 4.84. The summed E-state index contributed by atoms with van der Waals surface area (Å²) in [5.41, 5.74) is 5.64.